The predicted octanol–water partition coefficient (Wildman–Crippen LogP) is 0.800. The van der Waals surface area contributed by atoms with E-state index in [1.165, 1.54) is 0 Å². The average molecular weight is 307 g/mol. The normalized spacial score (nSPS) is 16.1. The van der Waals surface area contributed by atoms with Gasteiger partial charge < -0.3 is 15.2 Å². The molecule has 0 saturated carbocycles. The van der Waals surface area contributed by atoms with Gasteiger partial charge in [0.05, 0.1) is 19.8 Å². The maximum atomic E-state index is 11.8. The van der Waals surface area contributed by atoms with E-state index in [4.69, 9.17) is 4.74 Å². The Kier molecular flexibility index (Phi) is 5.74. The summed E-state index contributed by atoms with van der Waals surface area (Å²) in [4.78, 5) is 25.5. The molecular weight excluding hydrogens is 286 g/mol. The van der Waals surface area contributed by atoms with E-state index < -0.39 is 6.03 Å². The zero-order valence-corrected chi connectivity index (χ0v) is 12.5. The Hall–Kier alpha value is -2.12. The SMILES string of the molecule is COc1ccc(NC(=O)NC(=O)CN2CCC(O)CC2)cc1. The van der Waals surface area contributed by atoms with Crippen molar-refractivity contribution in [3.8, 4) is 5.75 Å². The number of amides is 3. The summed E-state index contributed by atoms with van der Waals surface area (Å²) < 4.78 is 5.03. The molecule has 0 radical (unpaired) electrons. The summed E-state index contributed by atoms with van der Waals surface area (Å²) in [6.45, 7) is 1.48. The Morgan fingerprint density at radius 1 is 1.27 bits per heavy atom. The molecule has 0 bridgehead atoms. The fourth-order valence-electron chi connectivity index (χ4n) is 2.28. The van der Waals surface area contributed by atoms with E-state index >= 15 is 0 Å². The Balaban J connectivity index is 1.74. The Morgan fingerprint density at radius 2 is 1.91 bits per heavy atom. The van der Waals surface area contributed by atoms with Crippen molar-refractivity contribution in [2.24, 2.45) is 0 Å². The van der Waals surface area contributed by atoms with Crippen LogP contribution in [-0.4, -0.2) is 54.8 Å². The quantitative estimate of drug-likeness (QED) is 0.765. The summed E-state index contributed by atoms with van der Waals surface area (Å²) in [6, 6.07) is 6.25. The minimum absolute atomic E-state index is 0.156. The number of nitrogens with zero attached hydrogens (tertiary/aromatic N) is 1. The van der Waals surface area contributed by atoms with Gasteiger partial charge in [-0.3, -0.25) is 15.0 Å². The zero-order chi connectivity index (χ0) is 15.9. The van der Waals surface area contributed by atoms with Gasteiger partial charge in [-0.25, -0.2) is 4.79 Å². The molecule has 1 aromatic rings. The van der Waals surface area contributed by atoms with Gasteiger partial charge in [-0.05, 0) is 37.1 Å². The van der Waals surface area contributed by atoms with Crippen molar-refractivity contribution >= 4 is 17.6 Å². The van der Waals surface area contributed by atoms with Crippen LogP contribution in [-0.2, 0) is 4.79 Å². The first-order valence-corrected chi connectivity index (χ1v) is 7.22. The highest BCUT2D eigenvalue weighted by molar-refractivity contribution is 6.01. The van der Waals surface area contributed by atoms with Crippen molar-refractivity contribution in [3.05, 3.63) is 24.3 Å². The second-order valence-corrected chi connectivity index (χ2v) is 5.24. The molecule has 0 atom stereocenters. The molecule has 1 fully saturated rings. The summed E-state index contributed by atoms with van der Waals surface area (Å²) in [5, 5.41) is 14.3. The van der Waals surface area contributed by atoms with E-state index in [0.29, 0.717) is 37.4 Å². The molecule has 0 aliphatic carbocycles. The number of carbonyl (C=O) groups is 2. The molecule has 0 aromatic heterocycles. The lowest BCUT2D eigenvalue weighted by Crippen LogP contribution is -2.45. The first-order chi connectivity index (χ1) is 10.6. The molecule has 3 amide bonds. The van der Waals surface area contributed by atoms with Gasteiger partial charge in [-0.1, -0.05) is 0 Å². The molecule has 1 aliphatic heterocycles. The Bertz CT molecular complexity index is 510. The van der Waals surface area contributed by atoms with Crippen LogP contribution in [0.15, 0.2) is 24.3 Å². The van der Waals surface area contributed by atoms with Crippen LogP contribution in [0.4, 0.5) is 10.5 Å². The number of urea groups is 1. The molecule has 1 aromatic carbocycles. The largest absolute Gasteiger partial charge is 0.497 e. The second-order valence-electron chi connectivity index (χ2n) is 5.24. The number of likely N-dealkylation sites (tertiary alicyclic amines) is 1. The van der Waals surface area contributed by atoms with Gasteiger partial charge in [-0.15, -0.1) is 0 Å². The van der Waals surface area contributed by atoms with Crippen molar-refractivity contribution in [1.82, 2.24) is 10.2 Å². The number of hydrogen-bond acceptors (Lipinski definition) is 5. The van der Waals surface area contributed by atoms with Crippen LogP contribution in [0.5, 0.6) is 5.75 Å². The van der Waals surface area contributed by atoms with Crippen LogP contribution < -0.4 is 15.4 Å². The van der Waals surface area contributed by atoms with Crippen LogP contribution >= 0.6 is 0 Å². The molecule has 1 saturated heterocycles. The topological polar surface area (TPSA) is 90.9 Å². The van der Waals surface area contributed by atoms with Crippen molar-refractivity contribution in [1.29, 1.82) is 0 Å². The van der Waals surface area contributed by atoms with E-state index in [1.807, 2.05) is 4.90 Å². The number of nitrogens with one attached hydrogen (secondary N) is 2. The monoisotopic (exact) mass is 307 g/mol. The molecule has 0 unspecified atom stereocenters. The zero-order valence-electron chi connectivity index (χ0n) is 12.5. The fourth-order valence-corrected chi connectivity index (χ4v) is 2.28. The number of rotatable bonds is 4. The number of methoxy groups -OCH3 is 1. The lowest BCUT2D eigenvalue weighted by atomic mass is 10.1. The van der Waals surface area contributed by atoms with E-state index in [0.717, 1.165) is 0 Å². The maximum absolute atomic E-state index is 11.8. The second kappa shape index (κ2) is 7.77. The third kappa shape index (κ3) is 5.01. The third-order valence-corrected chi connectivity index (χ3v) is 3.53. The molecule has 1 aliphatic rings. The van der Waals surface area contributed by atoms with Crippen LogP contribution in [0.1, 0.15) is 12.8 Å². The Morgan fingerprint density at radius 3 is 2.50 bits per heavy atom. The van der Waals surface area contributed by atoms with E-state index in [2.05, 4.69) is 10.6 Å². The number of carbonyl (C=O) groups excluding carboxylic acids is 2. The summed E-state index contributed by atoms with van der Waals surface area (Å²) in [6.07, 6.45) is 1.04. The summed E-state index contributed by atoms with van der Waals surface area (Å²) in [5.41, 5.74) is 0.576. The summed E-state index contributed by atoms with van der Waals surface area (Å²) in [7, 11) is 1.56. The number of hydrogen-bond donors (Lipinski definition) is 3. The van der Waals surface area contributed by atoms with Gasteiger partial charge in [0, 0.05) is 18.8 Å². The van der Waals surface area contributed by atoms with Gasteiger partial charge in [0.15, 0.2) is 0 Å². The lowest BCUT2D eigenvalue weighted by Gasteiger charge is -2.28. The summed E-state index contributed by atoms with van der Waals surface area (Å²) in [5.74, 6) is 0.330. The highest BCUT2D eigenvalue weighted by atomic mass is 16.5. The first kappa shape index (κ1) is 16.3. The number of ether oxygens (including phenoxy) is 1. The van der Waals surface area contributed by atoms with E-state index in [9.17, 15) is 14.7 Å². The minimum Gasteiger partial charge on any atom is -0.497 e. The highest BCUT2D eigenvalue weighted by Gasteiger charge is 2.19. The molecule has 0 spiro atoms. The van der Waals surface area contributed by atoms with Crippen molar-refractivity contribution in [2.75, 3.05) is 32.1 Å². The van der Waals surface area contributed by atoms with Gasteiger partial charge in [0.2, 0.25) is 5.91 Å². The first-order valence-electron chi connectivity index (χ1n) is 7.22. The van der Waals surface area contributed by atoms with Crippen LogP contribution in [0, 0.1) is 0 Å². The molecule has 2 rings (SSSR count). The fraction of sp³-hybridized carbons (Fsp3) is 0.467. The van der Waals surface area contributed by atoms with Gasteiger partial charge in [0.25, 0.3) is 0 Å². The smallest absolute Gasteiger partial charge is 0.325 e. The number of aliphatic hydroxyl groups excluding tert-OH is 1. The number of benzene rings is 1. The standard InChI is InChI=1S/C15H21N3O4/c1-22-13-4-2-11(3-5-13)16-15(21)17-14(20)10-18-8-6-12(19)7-9-18/h2-5,12,19H,6-10H2,1H3,(H2,16,17,20,21). The van der Waals surface area contributed by atoms with Crippen LogP contribution in [0.25, 0.3) is 0 Å². The number of imide groups is 1. The molecule has 22 heavy (non-hydrogen) atoms. The highest BCUT2D eigenvalue weighted by Crippen LogP contribution is 2.14. The molecule has 1 heterocycles. The van der Waals surface area contributed by atoms with Gasteiger partial charge in [0.1, 0.15) is 5.75 Å². The maximum Gasteiger partial charge on any atom is 0.325 e. The Labute approximate surface area is 129 Å². The average Bonchev–Trinajstić information content (AvgIpc) is 2.50. The molecular formula is C15H21N3O4. The van der Waals surface area contributed by atoms with E-state index in [-0.39, 0.29) is 18.6 Å². The van der Waals surface area contributed by atoms with E-state index in [1.54, 1.807) is 31.4 Å². The predicted molar refractivity (Wildman–Crippen MR) is 81.8 cm³/mol. The van der Waals surface area contributed by atoms with Gasteiger partial charge >= 0.3 is 6.03 Å². The molecule has 7 nitrogen and oxygen atoms in total. The third-order valence-electron chi connectivity index (χ3n) is 3.53. The molecule has 120 valence electrons. The van der Waals surface area contributed by atoms with Crippen LogP contribution in [0.2, 0.25) is 0 Å². The number of piperidine rings is 1. The van der Waals surface area contributed by atoms with Crippen LogP contribution in [0.3, 0.4) is 0 Å². The minimum atomic E-state index is -0.563. The van der Waals surface area contributed by atoms with Gasteiger partial charge in [-0.2, -0.15) is 0 Å². The molecule has 3 N–H and O–H groups in total. The van der Waals surface area contributed by atoms with Crippen molar-refractivity contribution in [2.45, 2.75) is 18.9 Å². The lowest BCUT2D eigenvalue weighted by molar-refractivity contribution is -0.121. The number of aliphatic hydroxyl groups is 1. The summed E-state index contributed by atoms with van der Waals surface area (Å²) >= 11 is 0. The van der Waals surface area contributed by atoms with Crippen molar-refractivity contribution < 1.29 is 19.4 Å². The van der Waals surface area contributed by atoms with Crippen molar-refractivity contribution in [3.63, 3.8) is 0 Å². The number of anilines is 1. The molecule has 7 heteroatoms.